The third kappa shape index (κ3) is 5.85. The summed E-state index contributed by atoms with van der Waals surface area (Å²) in [6.45, 7) is 2.49. The SMILES string of the molecule is C[C@@H](C(=O)O)N(N)C(=O)CCCP(C)(=O)O. The minimum absolute atomic E-state index is 0.0219. The van der Waals surface area contributed by atoms with Crippen molar-refractivity contribution in [2.24, 2.45) is 5.84 Å². The molecule has 0 aromatic carbocycles. The van der Waals surface area contributed by atoms with Crippen LogP contribution in [0.1, 0.15) is 19.8 Å². The topological polar surface area (TPSA) is 121 Å². The van der Waals surface area contributed by atoms with Crippen LogP contribution in [0.2, 0.25) is 0 Å². The summed E-state index contributed by atoms with van der Waals surface area (Å²) in [7, 11) is -3.12. The molecule has 94 valence electrons. The van der Waals surface area contributed by atoms with Crippen molar-refractivity contribution >= 4 is 19.2 Å². The van der Waals surface area contributed by atoms with Crippen LogP contribution in [0.5, 0.6) is 0 Å². The summed E-state index contributed by atoms with van der Waals surface area (Å²) >= 11 is 0. The minimum Gasteiger partial charge on any atom is -0.480 e. The van der Waals surface area contributed by atoms with Crippen LogP contribution in [0.3, 0.4) is 0 Å². The summed E-state index contributed by atoms with van der Waals surface area (Å²) in [6, 6.07) is -1.10. The predicted molar refractivity (Wildman–Crippen MR) is 58.0 cm³/mol. The number of nitrogens with zero attached hydrogens (tertiary/aromatic N) is 1. The number of carbonyl (C=O) groups excluding carboxylic acids is 1. The first kappa shape index (κ1) is 15.1. The molecule has 0 fully saturated rings. The van der Waals surface area contributed by atoms with Crippen LogP contribution >= 0.6 is 7.37 Å². The predicted octanol–water partition coefficient (Wildman–Crippen LogP) is -0.158. The van der Waals surface area contributed by atoms with E-state index < -0.39 is 25.3 Å². The number of aliphatic carboxylic acids is 1. The van der Waals surface area contributed by atoms with E-state index in [0.717, 1.165) is 0 Å². The molecule has 1 unspecified atom stereocenters. The van der Waals surface area contributed by atoms with E-state index >= 15 is 0 Å². The average Bonchev–Trinajstić information content (AvgIpc) is 2.13. The van der Waals surface area contributed by atoms with E-state index in [1.807, 2.05) is 0 Å². The van der Waals surface area contributed by atoms with E-state index in [4.69, 9.17) is 15.8 Å². The molecule has 8 heteroatoms. The molecule has 0 aliphatic carbocycles. The molecule has 1 amide bonds. The molecule has 0 saturated carbocycles. The molecule has 2 atom stereocenters. The normalized spacial score (nSPS) is 16.2. The maximum Gasteiger partial charge on any atom is 0.327 e. The van der Waals surface area contributed by atoms with Gasteiger partial charge in [0.05, 0.1) is 0 Å². The Morgan fingerprint density at radius 2 is 2.00 bits per heavy atom. The molecule has 0 aliphatic heterocycles. The number of rotatable bonds is 6. The molecule has 0 saturated heterocycles. The van der Waals surface area contributed by atoms with Gasteiger partial charge in [-0.3, -0.25) is 14.4 Å². The van der Waals surface area contributed by atoms with E-state index in [1.54, 1.807) is 0 Å². The Morgan fingerprint density at radius 3 is 2.38 bits per heavy atom. The maximum absolute atomic E-state index is 11.3. The number of carboxylic acids is 1. The zero-order chi connectivity index (χ0) is 12.9. The van der Waals surface area contributed by atoms with Crippen molar-refractivity contribution in [3.63, 3.8) is 0 Å². The largest absolute Gasteiger partial charge is 0.480 e. The highest BCUT2D eigenvalue weighted by Crippen LogP contribution is 2.35. The van der Waals surface area contributed by atoms with Crippen LogP contribution in [0.4, 0.5) is 0 Å². The third-order valence-corrected chi connectivity index (χ3v) is 3.17. The standard InChI is InChI=1S/C8H17N2O5P/c1-6(8(12)13)10(9)7(11)4-3-5-16(2,14)15/h6H,3-5,9H2,1-2H3,(H,12,13)(H,14,15)/t6-/m0/s1. The third-order valence-electron chi connectivity index (χ3n) is 2.03. The molecule has 0 aromatic heterocycles. The zero-order valence-electron chi connectivity index (χ0n) is 9.29. The average molecular weight is 252 g/mol. The molecule has 0 aliphatic rings. The van der Waals surface area contributed by atoms with Crippen molar-refractivity contribution in [2.45, 2.75) is 25.8 Å². The first-order chi connectivity index (χ1) is 7.15. The van der Waals surface area contributed by atoms with Crippen LogP contribution in [0.15, 0.2) is 0 Å². The van der Waals surface area contributed by atoms with Crippen LogP contribution in [0.25, 0.3) is 0 Å². The van der Waals surface area contributed by atoms with Gasteiger partial charge >= 0.3 is 5.97 Å². The van der Waals surface area contributed by atoms with Gasteiger partial charge in [0, 0.05) is 19.2 Å². The number of amides is 1. The van der Waals surface area contributed by atoms with E-state index in [-0.39, 0.29) is 19.0 Å². The van der Waals surface area contributed by atoms with Gasteiger partial charge in [0.1, 0.15) is 6.04 Å². The number of hydrogen-bond acceptors (Lipinski definition) is 4. The minimum atomic E-state index is -3.12. The number of nitrogens with two attached hydrogens (primary N) is 1. The van der Waals surface area contributed by atoms with Gasteiger partial charge in [-0.15, -0.1) is 0 Å². The summed E-state index contributed by atoms with van der Waals surface area (Å²) in [5, 5.41) is 9.22. The Labute approximate surface area is 93.7 Å². The van der Waals surface area contributed by atoms with E-state index in [9.17, 15) is 14.2 Å². The summed E-state index contributed by atoms with van der Waals surface area (Å²) < 4.78 is 10.9. The van der Waals surface area contributed by atoms with Crippen LogP contribution in [-0.2, 0) is 14.2 Å². The molecular formula is C8H17N2O5P. The Balaban J connectivity index is 4.08. The fourth-order valence-electron chi connectivity index (χ4n) is 0.988. The van der Waals surface area contributed by atoms with Crippen LogP contribution in [0, 0.1) is 0 Å². The molecule has 16 heavy (non-hydrogen) atoms. The van der Waals surface area contributed by atoms with Gasteiger partial charge in [-0.2, -0.15) is 0 Å². The summed E-state index contributed by atoms with van der Waals surface area (Å²) in [5.41, 5.74) is 0. The summed E-state index contributed by atoms with van der Waals surface area (Å²) in [4.78, 5) is 30.8. The second kappa shape index (κ2) is 5.98. The molecule has 0 spiro atoms. The fraction of sp³-hybridized carbons (Fsp3) is 0.750. The Bertz CT molecular complexity index is 314. The molecule has 0 rings (SSSR count). The Hall–Kier alpha value is -0.910. The van der Waals surface area contributed by atoms with E-state index in [1.165, 1.54) is 13.6 Å². The second-order valence-corrected chi connectivity index (χ2v) is 6.24. The molecule has 0 heterocycles. The fourth-order valence-corrected chi connectivity index (χ4v) is 1.73. The van der Waals surface area contributed by atoms with Crippen LogP contribution in [-0.4, -0.2) is 45.8 Å². The van der Waals surface area contributed by atoms with Crippen molar-refractivity contribution in [2.75, 3.05) is 12.8 Å². The number of carbonyl (C=O) groups is 2. The van der Waals surface area contributed by atoms with Crippen molar-refractivity contribution in [3.05, 3.63) is 0 Å². The van der Waals surface area contributed by atoms with Crippen molar-refractivity contribution in [3.8, 4) is 0 Å². The summed E-state index contributed by atoms with van der Waals surface area (Å²) in [6.07, 6.45) is 0.198. The van der Waals surface area contributed by atoms with Gasteiger partial charge in [-0.05, 0) is 13.3 Å². The van der Waals surface area contributed by atoms with E-state index in [2.05, 4.69) is 0 Å². The quantitative estimate of drug-likeness (QED) is 0.261. The molecule has 4 N–H and O–H groups in total. The Morgan fingerprint density at radius 1 is 1.50 bits per heavy atom. The lowest BCUT2D eigenvalue weighted by Gasteiger charge is -2.20. The van der Waals surface area contributed by atoms with Gasteiger partial charge in [-0.25, -0.2) is 10.6 Å². The molecule has 0 radical (unpaired) electrons. The highest BCUT2D eigenvalue weighted by molar-refractivity contribution is 7.57. The highest BCUT2D eigenvalue weighted by Gasteiger charge is 2.22. The van der Waals surface area contributed by atoms with Gasteiger partial charge in [0.15, 0.2) is 7.37 Å². The lowest BCUT2D eigenvalue weighted by molar-refractivity contribution is -0.149. The number of hydrazine groups is 1. The lowest BCUT2D eigenvalue weighted by atomic mass is 10.2. The van der Waals surface area contributed by atoms with Gasteiger partial charge in [0.2, 0.25) is 5.91 Å². The Kier molecular flexibility index (Phi) is 5.64. The zero-order valence-corrected chi connectivity index (χ0v) is 10.2. The monoisotopic (exact) mass is 252 g/mol. The first-order valence-corrected chi connectivity index (χ1v) is 7.03. The van der Waals surface area contributed by atoms with Gasteiger partial charge in [0.25, 0.3) is 0 Å². The lowest BCUT2D eigenvalue weighted by Crippen LogP contribution is -2.47. The molecular weight excluding hydrogens is 235 g/mol. The molecule has 0 aromatic rings. The number of carboxylic acid groups (broad SMARTS) is 1. The van der Waals surface area contributed by atoms with Crippen molar-refractivity contribution < 1.29 is 24.2 Å². The first-order valence-electron chi connectivity index (χ1n) is 4.74. The second-order valence-electron chi connectivity index (χ2n) is 3.69. The molecule has 7 nitrogen and oxygen atoms in total. The van der Waals surface area contributed by atoms with Gasteiger partial charge in [-0.1, -0.05) is 0 Å². The maximum atomic E-state index is 11.3. The van der Waals surface area contributed by atoms with E-state index in [0.29, 0.717) is 5.01 Å². The van der Waals surface area contributed by atoms with Crippen molar-refractivity contribution in [1.29, 1.82) is 0 Å². The highest BCUT2D eigenvalue weighted by atomic mass is 31.2. The smallest absolute Gasteiger partial charge is 0.327 e. The van der Waals surface area contributed by atoms with Crippen molar-refractivity contribution in [1.82, 2.24) is 5.01 Å². The summed E-state index contributed by atoms with van der Waals surface area (Å²) in [5.74, 6) is 3.54. The number of hydrogen-bond donors (Lipinski definition) is 3. The van der Waals surface area contributed by atoms with Crippen LogP contribution < -0.4 is 5.84 Å². The van der Waals surface area contributed by atoms with Gasteiger partial charge < -0.3 is 10.00 Å². The molecule has 0 bridgehead atoms.